The Balaban J connectivity index is 1.97. The molecule has 0 aromatic carbocycles. The molecule has 1 atom stereocenters. The van der Waals surface area contributed by atoms with Crippen LogP contribution in [0.5, 0.6) is 5.88 Å². The Morgan fingerprint density at radius 2 is 2.39 bits per heavy atom. The zero-order valence-corrected chi connectivity index (χ0v) is 10.6. The molecule has 0 bridgehead atoms. The van der Waals surface area contributed by atoms with E-state index in [1.807, 2.05) is 12.1 Å². The van der Waals surface area contributed by atoms with Gasteiger partial charge in [0.25, 0.3) is 0 Å². The molecule has 1 aromatic heterocycles. The van der Waals surface area contributed by atoms with E-state index in [2.05, 4.69) is 10.3 Å². The summed E-state index contributed by atoms with van der Waals surface area (Å²) in [6.45, 7) is 0.331. The van der Waals surface area contributed by atoms with Crippen LogP contribution in [-0.4, -0.2) is 30.6 Å². The summed E-state index contributed by atoms with van der Waals surface area (Å²) < 4.78 is 5.06. The maximum atomic E-state index is 11.9. The Morgan fingerprint density at radius 1 is 1.61 bits per heavy atom. The number of nitrogens with two attached hydrogens (primary N) is 1. The number of nitrogens with zero attached hydrogens (tertiary/aromatic N) is 1. The van der Waals surface area contributed by atoms with Crippen LogP contribution in [0.25, 0.3) is 0 Å². The van der Waals surface area contributed by atoms with E-state index in [1.54, 1.807) is 13.2 Å². The maximum absolute atomic E-state index is 11.9. The number of carbonyl (C=O) groups is 1. The van der Waals surface area contributed by atoms with Crippen LogP contribution < -0.4 is 15.8 Å². The molecule has 1 amide bonds. The van der Waals surface area contributed by atoms with E-state index in [-0.39, 0.29) is 11.8 Å². The lowest BCUT2D eigenvalue weighted by atomic mass is 10.0. The van der Waals surface area contributed by atoms with Gasteiger partial charge in [0.1, 0.15) is 0 Å². The fraction of sp³-hybridized carbons (Fsp3) is 0.538. The Bertz CT molecular complexity index is 418. The number of nitrogens with one attached hydrogen (secondary N) is 1. The monoisotopic (exact) mass is 249 g/mol. The molecular weight excluding hydrogens is 230 g/mol. The van der Waals surface area contributed by atoms with Gasteiger partial charge in [-0.25, -0.2) is 4.98 Å². The number of hydrogen-bond donors (Lipinski definition) is 2. The molecule has 98 valence electrons. The molecule has 18 heavy (non-hydrogen) atoms. The van der Waals surface area contributed by atoms with E-state index in [4.69, 9.17) is 10.5 Å². The van der Waals surface area contributed by atoms with E-state index in [0.717, 1.165) is 18.5 Å². The highest BCUT2D eigenvalue weighted by atomic mass is 16.5. The van der Waals surface area contributed by atoms with E-state index in [0.29, 0.717) is 24.9 Å². The van der Waals surface area contributed by atoms with Gasteiger partial charge in [-0.1, -0.05) is 6.07 Å². The Morgan fingerprint density at radius 3 is 3.00 bits per heavy atom. The maximum Gasteiger partial charge on any atom is 0.224 e. The summed E-state index contributed by atoms with van der Waals surface area (Å²) in [5.74, 6) is 0.376. The van der Waals surface area contributed by atoms with Gasteiger partial charge in [0.15, 0.2) is 0 Å². The fourth-order valence-electron chi connectivity index (χ4n) is 1.77. The zero-order chi connectivity index (χ0) is 13.0. The molecule has 0 radical (unpaired) electrons. The van der Waals surface area contributed by atoms with Crippen LogP contribution in [0.2, 0.25) is 0 Å². The number of pyridine rings is 1. The molecule has 0 spiro atoms. The van der Waals surface area contributed by atoms with Crippen molar-refractivity contribution >= 4 is 5.91 Å². The van der Waals surface area contributed by atoms with Crippen molar-refractivity contribution in [1.82, 2.24) is 10.3 Å². The van der Waals surface area contributed by atoms with Crippen molar-refractivity contribution in [3.05, 3.63) is 23.9 Å². The summed E-state index contributed by atoms with van der Waals surface area (Å²) in [6.07, 6.45) is 2.72. The third-order valence-electron chi connectivity index (χ3n) is 3.02. The number of hydrogen-bond acceptors (Lipinski definition) is 4. The molecule has 1 aliphatic rings. The van der Waals surface area contributed by atoms with Gasteiger partial charge in [0.2, 0.25) is 11.8 Å². The minimum atomic E-state index is -0.217. The number of rotatable bonds is 6. The quantitative estimate of drug-likeness (QED) is 0.769. The van der Waals surface area contributed by atoms with Crippen LogP contribution in [0.1, 0.15) is 18.5 Å². The molecular formula is C13H19N3O2. The first-order valence-corrected chi connectivity index (χ1v) is 6.23. The van der Waals surface area contributed by atoms with Crippen LogP contribution in [-0.2, 0) is 11.2 Å². The van der Waals surface area contributed by atoms with Crippen LogP contribution in [0.4, 0.5) is 0 Å². The summed E-state index contributed by atoms with van der Waals surface area (Å²) in [4.78, 5) is 16.2. The van der Waals surface area contributed by atoms with E-state index in [9.17, 15) is 4.79 Å². The minimum Gasteiger partial charge on any atom is -0.481 e. The van der Waals surface area contributed by atoms with Gasteiger partial charge in [-0.2, -0.15) is 0 Å². The molecule has 1 unspecified atom stereocenters. The Labute approximate surface area is 107 Å². The molecule has 0 aliphatic heterocycles. The second-order valence-corrected chi connectivity index (χ2v) is 4.59. The number of carbonyl (C=O) groups excluding carboxylic acids is 1. The number of ether oxygens (including phenoxy) is 1. The second kappa shape index (κ2) is 5.82. The molecule has 2 rings (SSSR count). The molecule has 1 aliphatic carbocycles. The zero-order valence-electron chi connectivity index (χ0n) is 10.6. The van der Waals surface area contributed by atoms with Gasteiger partial charge in [-0.15, -0.1) is 0 Å². The van der Waals surface area contributed by atoms with Crippen molar-refractivity contribution in [3.8, 4) is 5.88 Å². The van der Waals surface area contributed by atoms with Crippen molar-refractivity contribution < 1.29 is 9.53 Å². The molecule has 1 fully saturated rings. The van der Waals surface area contributed by atoms with Crippen molar-refractivity contribution in [2.75, 3.05) is 13.7 Å². The van der Waals surface area contributed by atoms with Gasteiger partial charge in [-0.3, -0.25) is 4.79 Å². The van der Waals surface area contributed by atoms with Crippen LogP contribution >= 0.6 is 0 Å². The molecule has 1 saturated carbocycles. The molecule has 5 nitrogen and oxygen atoms in total. The Hall–Kier alpha value is -1.62. The molecule has 1 heterocycles. The first-order valence-electron chi connectivity index (χ1n) is 6.23. The molecule has 3 N–H and O–H groups in total. The highest BCUT2D eigenvalue weighted by Crippen LogP contribution is 2.20. The summed E-state index contributed by atoms with van der Waals surface area (Å²) in [5, 5.41) is 2.98. The molecule has 1 aromatic rings. The predicted octanol–water partition coefficient (Wildman–Crippen LogP) is 0.486. The van der Waals surface area contributed by atoms with Gasteiger partial charge in [0.05, 0.1) is 13.0 Å². The van der Waals surface area contributed by atoms with E-state index >= 15 is 0 Å². The lowest BCUT2D eigenvalue weighted by molar-refractivity contribution is -0.124. The van der Waals surface area contributed by atoms with Crippen molar-refractivity contribution in [3.63, 3.8) is 0 Å². The number of methoxy groups -OCH3 is 1. The summed E-state index contributed by atoms with van der Waals surface area (Å²) in [7, 11) is 1.58. The average Bonchev–Trinajstić information content (AvgIpc) is 3.20. The standard InChI is InChI=1S/C13H19N3O2/c1-18-12-4-2-3-11(15-12)7-9(8-14)13(17)16-10-5-6-10/h2-4,9-10H,5-8,14H2,1H3,(H,16,17). The first-order chi connectivity index (χ1) is 8.72. The minimum absolute atomic E-state index is 0.0321. The third kappa shape index (κ3) is 3.43. The van der Waals surface area contributed by atoms with E-state index in [1.165, 1.54) is 0 Å². The SMILES string of the molecule is COc1cccc(CC(CN)C(=O)NC2CC2)n1. The molecule has 5 heteroatoms. The smallest absolute Gasteiger partial charge is 0.224 e. The van der Waals surface area contributed by atoms with Gasteiger partial charge < -0.3 is 15.8 Å². The summed E-state index contributed by atoms with van der Waals surface area (Å²) >= 11 is 0. The van der Waals surface area contributed by atoms with Crippen LogP contribution in [0.3, 0.4) is 0 Å². The van der Waals surface area contributed by atoms with Crippen LogP contribution in [0.15, 0.2) is 18.2 Å². The van der Waals surface area contributed by atoms with E-state index < -0.39 is 0 Å². The average molecular weight is 249 g/mol. The lowest BCUT2D eigenvalue weighted by Gasteiger charge is -2.14. The van der Waals surface area contributed by atoms with Gasteiger partial charge in [0, 0.05) is 30.8 Å². The number of aromatic nitrogens is 1. The third-order valence-corrected chi connectivity index (χ3v) is 3.02. The van der Waals surface area contributed by atoms with Crippen molar-refractivity contribution in [1.29, 1.82) is 0 Å². The molecule has 0 saturated heterocycles. The first kappa shape index (κ1) is 12.8. The fourth-order valence-corrected chi connectivity index (χ4v) is 1.77. The van der Waals surface area contributed by atoms with Crippen molar-refractivity contribution in [2.45, 2.75) is 25.3 Å². The Kier molecular flexibility index (Phi) is 4.15. The predicted molar refractivity (Wildman–Crippen MR) is 68.2 cm³/mol. The van der Waals surface area contributed by atoms with Crippen LogP contribution in [0, 0.1) is 5.92 Å². The topological polar surface area (TPSA) is 77.2 Å². The summed E-state index contributed by atoms with van der Waals surface area (Å²) in [5.41, 5.74) is 6.50. The normalized spacial score (nSPS) is 16.1. The largest absolute Gasteiger partial charge is 0.481 e. The lowest BCUT2D eigenvalue weighted by Crippen LogP contribution is -2.37. The summed E-state index contributed by atoms with van der Waals surface area (Å²) in [6, 6.07) is 5.90. The van der Waals surface area contributed by atoms with Gasteiger partial charge >= 0.3 is 0 Å². The second-order valence-electron chi connectivity index (χ2n) is 4.59. The highest BCUT2D eigenvalue weighted by molar-refractivity contribution is 5.79. The highest BCUT2D eigenvalue weighted by Gasteiger charge is 2.27. The van der Waals surface area contributed by atoms with Crippen molar-refractivity contribution in [2.24, 2.45) is 11.7 Å². The number of amides is 1. The van der Waals surface area contributed by atoms with Gasteiger partial charge in [-0.05, 0) is 18.9 Å².